The Morgan fingerprint density at radius 3 is 1.36 bits per heavy atom. The Kier molecular flexibility index (Phi) is 8.70. The molecule has 0 bridgehead atoms. The van der Waals surface area contributed by atoms with Gasteiger partial charge in [0.05, 0.1) is 11.4 Å². The number of nitrogens with zero attached hydrogens (tertiary/aromatic N) is 2. The van der Waals surface area contributed by atoms with Gasteiger partial charge in [0, 0.05) is 33.2 Å². The van der Waals surface area contributed by atoms with E-state index in [9.17, 15) is 0 Å². The molecule has 0 unspecified atom stereocenters. The molecule has 226 valence electrons. The summed E-state index contributed by atoms with van der Waals surface area (Å²) in [6.45, 7) is 13.3. The van der Waals surface area contributed by atoms with Crippen molar-refractivity contribution >= 4 is 56.5 Å². The highest BCUT2D eigenvalue weighted by molar-refractivity contribution is 6.35. The molecule has 2 nitrogen and oxygen atoms in total. The van der Waals surface area contributed by atoms with Crippen LogP contribution in [0.2, 0.25) is 5.02 Å². The van der Waals surface area contributed by atoms with E-state index in [4.69, 9.17) is 11.6 Å². The molecule has 0 aliphatic heterocycles. The lowest BCUT2D eigenvalue weighted by Gasteiger charge is -2.34. The number of halogens is 1. The standard InChI is InChI=1S/C42H41ClN2/c1-28(2)32-14-9-19-37(24-32)44(35-17-7-12-30(5)22-35)41-26-34-16-11-21-40(43)39(34)27-42(41)45(36-18-8-13-31(6)23-36)38-20-10-15-33(25-38)29(3)4/h7-29H,1-6H3. The van der Waals surface area contributed by atoms with Crippen molar-refractivity contribution in [1.82, 2.24) is 0 Å². The fourth-order valence-electron chi connectivity index (χ4n) is 6.06. The van der Waals surface area contributed by atoms with Crippen LogP contribution in [0.3, 0.4) is 0 Å². The van der Waals surface area contributed by atoms with Crippen molar-refractivity contribution in [2.75, 3.05) is 9.80 Å². The SMILES string of the molecule is Cc1cccc(N(c2cccc(C(C)C)c2)c2cc3cccc(Cl)c3cc2N(c2cccc(C)c2)c2cccc(C(C)C)c2)c1. The summed E-state index contributed by atoms with van der Waals surface area (Å²) < 4.78 is 0. The molecule has 0 radical (unpaired) electrons. The molecule has 0 amide bonds. The van der Waals surface area contributed by atoms with Gasteiger partial charge in [-0.3, -0.25) is 0 Å². The van der Waals surface area contributed by atoms with E-state index < -0.39 is 0 Å². The van der Waals surface area contributed by atoms with Crippen LogP contribution < -0.4 is 9.80 Å². The maximum absolute atomic E-state index is 6.93. The van der Waals surface area contributed by atoms with E-state index in [2.05, 4.69) is 167 Å². The third kappa shape index (κ3) is 6.34. The monoisotopic (exact) mass is 608 g/mol. The Labute approximate surface area is 273 Å². The Balaban J connectivity index is 1.73. The van der Waals surface area contributed by atoms with Crippen LogP contribution in [0.1, 0.15) is 61.8 Å². The summed E-state index contributed by atoms with van der Waals surface area (Å²) in [7, 11) is 0. The quantitative estimate of drug-likeness (QED) is 0.169. The van der Waals surface area contributed by atoms with E-state index in [0.717, 1.165) is 49.9 Å². The van der Waals surface area contributed by atoms with E-state index in [-0.39, 0.29) is 0 Å². The van der Waals surface area contributed by atoms with Crippen LogP contribution in [0.25, 0.3) is 10.8 Å². The van der Waals surface area contributed by atoms with Crippen LogP contribution in [0.4, 0.5) is 34.1 Å². The van der Waals surface area contributed by atoms with Crippen molar-refractivity contribution in [2.45, 2.75) is 53.4 Å². The summed E-state index contributed by atoms with van der Waals surface area (Å²) in [4.78, 5) is 4.80. The molecule has 0 aliphatic rings. The van der Waals surface area contributed by atoms with Crippen molar-refractivity contribution in [1.29, 1.82) is 0 Å². The molecule has 6 aromatic carbocycles. The molecule has 0 saturated carbocycles. The lowest BCUT2D eigenvalue weighted by Crippen LogP contribution is -2.17. The Morgan fingerprint density at radius 2 is 0.889 bits per heavy atom. The van der Waals surface area contributed by atoms with Crippen molar-refractivity contribution in [3.05, 3.63) is 155 Å². The summed E-state index contributed by atoms with van der Waals surface area (Å²) in [6.07, 6.45) is 0. The Bertz CT molecular complexity index is 1970. The molecular formula is C42H41ClN2. The largest absolute Gasteiger partial charge is 0.308 e. The van der Waals surface area contributed by atoms with Gasteiger partial charge in [-0.05, 0) is 120 Å². The number of fused-ring (bicyclic) bond motifs is 1. The van der Waals surface area contributed by atoms with Gasteiger partial charge in [0.15, 0.2) is 0 Å². The number of hydrogen-bond donors (Lipinski definition) is 0. The van der Waals surface area contributed by atoms with Crippen molar-refractivity contribution < 1.29 is 0 Å². The van der Waals surface area contributed by atoms with Gasteiger partial charge in [0.25, 0.3) is 0 Å². The van der Waals surface area contributed by atoms with Crippen LogP contribution in [-0.2, 0) is 0 Å². The summed E-state index contributed by atoms with van der Waals surface area (Å²) in [6, 6.07) is 46.2. The smallest absolute Gasteiger partial charge is 0.0709 e. The molecule has 0 heterocycles. The third-order valence-electron chi connectivity index (χ3n) is 8.51. The number of anilines is 6. The average molecular weight is 609 g/mol. The van der Waals surface area contributed by atoms with Gasteiger partial charge in [-0.15, -0.1) is 0 Å². The fraction of sp³-hybridized carbons (Fsp3) is 0.190. The summed E-state index contributed by atoms with van der Waals surface area (Å²) >= 11 is 6.93. The lowest BCUT2D eigenvalue weighted by molar-refractivity contribution is 0.866. The molecule has 0 spiro atoms. The van der Waals surface area contributed by atoms with E-state index in [0.29, 0.717) is 11.8 Å². The normalized spacial score (nSPS) is 11.4. The number of aryl methyl sites for hydroxylation is 2. The van der Waals surface area contributed by atoms with Gasteiger partial charge in [-0.1, -0.05) is 100.0 Å². The lowest BCUT2D eigenvalue weighted by atomic mass is 10.00. The molecule has 0 fully saturated rings. The van der Waals surface area contributed by atoms with Crippen molar-refractivity contribution in [3.8, 4) is 0 Å². The van der Waals surface area contributed by atoms with Crippen molar-refractivity contribution in [2.24, 2.45) is 0 Å². The van der Waals surface area contributed by atoms with E-state index in [1.54, 1.807) is 0 Å². The highest BCUT2D eigenvalue weighted by atomic mass is 35.5. The maximum atomic E-state index is 6.93. The zero-order chi connectivity index (χ0) is 31.7. The number of rotatable bonds is 8. The zero-order valence-electron chi connectivity index (χ0n) is 27.1. The van der Waals surface area contributed by atoms with Gasteiger partial charge in [-0.25, -0.2) is 0 Å². The predicted octanol–water partition coefficient (Wildman–Crippen LogP) is 13.3. The van der Waals surface area contributed by atoms with Crippen molar-refractivity contribution in [3.63, 3.8) is 0 Å². The minimum absolute atomic E-state index is 0.400. The first kappa shape index (κ1) is 30.5. The Morgan fingerprint density at radius 1 is 0.467 bits per heavy atom. The molecule has 0 aromatic heterocycles. The molecule has 6 aromatic rings. The first-order valence-electron chi connectivity index (χ1n) is 15.9. The minimum Gasteiger partial charge on any atom is -0.308 e. The van der Waals surface area contributed by atoms with E-state index >= 15 is 0 Å². The molecule has 3 heteroatoms. The van der Waals surface area contributed by atoms with E-state index in [1.165, 1.54) is 22.3 Å². The van der Waals surface area contributed by atoms with Gasteiger partial charge in [-0.2, -0.15) is 0 Å². The number of benzene rings is 6. The molecular weight excluding hydrogens is 568 g/mol. The Hall–Kier alpha value is -4.53. The summed E-state index contributed by atoms with van der Waals surface area (Å²) in [5.74, 6) is 0.805. The molecule has 0 N–H and O–H groups in total. The van der Waals surface area contributed by atoms with E-state index in [1.807, 2.05) is 12.1 Å². The average Bonchev–Trinajstić information content (AvgIpc) is 3.02. The first-order chi connectivity index (χ1) is 21.7. The van der Waals surface area contributed by atoms with Gasteiger partial charge in [0.1, 0.15) is 0 Å². The van der Waals surface area contributed by atoms with Crippen LogP contribution in [-0.4, -0.2) is 0 Å². The molecule has 0 saturated heterocycles. The minimum atomic E-state index is 0.400. The molecule has 45 heavy (non-hydrogen) atoms. The summed E-state index contributed by atoms with van der Waals surface area (Å²) in [5, 5.41) is 2.86. The summed E-state index contributed by atoms with van der Waals surface area (Å²) in [5.41, 5.74) is 11.6. The maximum Gasteiger partial charge on any atom is 0.0709 e. The molecule has 0 aliphatic carbocycles. The van der Waals surface area contributed by atoms with Gasteiger partial charge >= 0.3 is 0 Å². The predicted molar refractivity (Wildman–Crippen MR) is 196 cm³/mol. The highest BCUT2D eigenvalue weighted by Crippen LogP contribution is 2.48. The zero-order valence-corrected chi connectivity index (χ0v) is 27.8. The third-order valence-corrected chi connectivity index (χ3v) is 8.84. The van der Waals surface area contributed by atoms with Gasteiger partial charge in [0.2, 0.25) is 0 Å². The van der Waals surface area contributed by atoms with Crippen LogP contribution in [0.5, 0.6) is 0 Å². The molecule has 6 rings (SSSR count). The fourth-order valence-corrected chi connectivity index (χ4v) is 6.29. The number of hydrogen-bond acceptors (Lipinski definition) is 2. The van der Waals surface area contributed by atoms with Crippen LogP contribution >= 0.6 is 11.6 Å². The topological polar surface area (TPSA) is 6.48 Å². The van der Waals surface area contributed by atoms with Gasteiger partial charge < -0.3 is 9.80 Å². The van der Waals surface area contributed by atoms with Crippen LogP contribution in [0, 0.1) is 13.8 Å². The highest BCUT2D eigenvalue weighted by Gasteiger charge is 2.24. The second-order valence-corrected chi connectivity index (χ2v) is 13.1. The second kappa shape index (κ2) is 12.8. The van der Waals surface area contributed by atoms with Crippen LogP contribution in [0.15, 0.2) is 127 Å². The second-order valence-electron chi connectivity index (χ2n) is 12.7. The first-order valence-corrected chi connectivity index (χ1v) is 16.2. The molecule has 0 atom stereocenters.